The zero-order valence-electron chi connectivity index (χ0n) is 20.4. The first-order chi connectivity index (χ1) is 16.7. The molecule has 9 nitrogen and oxygen atoms in total. The van der Waals surface area contributed by atoms with Gasteiger partial charge in [-0.1, -0.05) is 48.9 Å². The lowest BCUT2D eigenvalue weighted by Crippen LogP contribution is -2.45. The fraction of sp³-hybridized carbons (Fsp3) is 0.417. The maximum Gasteiger partial charge on any atom is 0.229 e. The van der Waals surface area contributed by atoms with Crippen molar-refractivity contribution in [1.29, 1.82) is 0 Å². The molecule has 0 saturated heterocycles. The van der Waals surface area contributed by atoms with Crippen molar-refractivity contribution < 1.29 is 13.2 Å². The average molecular weight is 521 g/mol. The summed E-state index contributed by atoms with van der Waals surface area (Å²) >= 11 is 6.35. The van der Waals surface area contributed by atoms with Crippen LogP contribution in [-0.4, -0.2) is 57.4 Å². The molecule has 11 heteroatoms. The van der Waals surface area contributed by atoms with Crippen LogP contribution in [-0.2, 0) is 10.0 Å². The highest BCUT2D eigenvalue weighted by Crippen LogP contribution is 2.33. The number of nitrogens with one attached hydrogen (secondary N) is 4. The number of hydrogen-bond acceptors (Lipinski definition) is 8. The first-order valence-corrected chi connectivity index (χ1v) is 13.7. The first-order valence-electron chi connectivity index (χ1n) is 11.4. The second-order valence-electron chi connectivity index (χ2n) is 8.33. The van der Waals surface area contributed by atoms with Crippen LogP contribution in [0, 0.1) is 0 Å². The molecule has 3 unspecified atom stereocenters. The van der Waals surface area contributed by atoms with Crippen molar-refractivity contribution in [2.45, 2.75) is 37.8 Å². The van der Waals surface area contributed by atoms with E-state index in [4.69, 9.17) is 16.3 Å². The molecule has 35 heavy (non-hydrogen) atoms. The highest BCUT2D eigenvalue weighted by Gasteiger charge is 2.23. The van der Waals surface area contributed by atoms with Crippen LogP contribution in [0.3, 0.4) is 0 Å². The third kappa shape index (κ3) is 7.66. The van der Waals surface area contributed by atoms with Crippen LogP contribution in [0.25, 0.3) is 0 Å². The Morgan fingerprint density at radius 3 is 2.60 bits per heavy atom. The number of methoxy groups -OCH3 is 1. The van der Waals surface area contributed by atoms with E-state index in [1.165, 1.54) is 11.8 Å². The Balaban J connectivity index is 1.80. The number of halogens is 1. The van der Waals surface area contributed by atoms with Gasteiger partial charge in [0, 0.05) is 0 Å². The van der Waals surface area contributed by atoms with Gasteiger partial charge in [0.15, 0.2) is 5.82 Å². The topological polar surface area (TPSA) is 117 Å². The van der Waals surface area contributed by atoms with E-state index in [9.17, 15) is 8.42 Å². The number of nitrogens with zero attached hydrogens (tertiary/aromatic N) is 2. The number of sulfonamides is 1. The van der Waals surface area contributed by atoms with Crippen molar-refractivity contribution in [3.63, 3.8) is 0 Å². The van der Waals surface area contributed by atoms with Gasteiger partial charge in [0.25, 0.3) is 0 Å². The predicted molar refractivity (Wildman–Crippen MR) is 142 cm³/mol. The van der Waals surface area contributed by atoms with Crippen LogP contribution in [0.1, 0.15) is 31.2 Å². The van der Waals surface area contributed by atoms with Crippen molar-refractivity contribution >= 4 is 39.1 Å². The second-order valence-corrected chi connectivity index (χ2v) is 10.5. The molecule has 0 fully saturated rings. The molecule has 0 saturated carbocycles. The number of ether oxygens (including phenoxy) is 1. The Hall–Kier alpha value is -2.66. The molecule has 0 aliphatic heterocycles. The lowest BCUT2D eigenvalue weighted by molar-refractivity contribution is 0.415. The number of anilines is 3. The highest BCUT2D eigenvalue weighted by atomic mass is 35.5. The van der Waals surface area contributed by atoms with E-state index in [1.54, 1.807) is 19.3 Å². The normalized spacial score (nSPS) is 18.3. The lowest BCUT2D eigenvalue weighted by Gasteiger charge is -2.26. The fourth-order valence-corrected chi connectivity index (χ4v) is 4.77. The van der Waals surface area contributed by atoms with Gasteiger partial charge in [0.05, 0.1) is 37.3 Å². The van der Waals surface area contributed by atoms with Crippen LogP contribution in [0.15, 0.2) is 48.7 Å². The van der Waals surface area contributed by atoms with E-state index >= 15 is 0 Å². The Labute approximate surface area is 212 Å². The molecule has 3 atom stereocenters. The van der Waals surface area contributed by atoms with Crippen molar-refractivity contribution in [3.05, 3.63) is 59.3 Å². The maximum absolute atomic E-state index is 11.7. The van der Waals surface area contributed by atoms with E-state index in [-0.39, 0.29) is 6.04 Å². The van der Waals surface area contributed by atoms with Gasteiger partial charge in [-0.3, -0.25) is 0 Å². The van der Waals surface area contributed by atoms with Crippen molar-refractivity contribution in [2.75, 3.05) is 37.6 Å². The number of rotatable bonds is 12. The number of allylic oxidation sites excluding steroid dienone is 2. The van der Waals surface area contributed by atoms with Crippen LogP contribution in [0.2, 0.25) is 5.02 Å². The molecule has 0 amide bonds. The van der Waals surface area contributed by atoms with Gasteiger partial charge in [0.2, 0.25) is 16.0 Å². The quantitative estimate of drug-likeness (QED) is 0.334. The molecule has 1 aliphatic rings. The molecule has 1 aromatic carbocycles. The van der Waals surface area contributed by atoms with Gasteiger partial charge in [-0.25, -0.2) is 18.1 Å². The fourth-order valence-electron chi connectivity index (χ4n) is 3.90. The van der Waals surface area contributed by atoms with E-state index in [0.717, 1.165) is 31.3 Å². The first kappa shape index (κ1) is 26.9. The van der Waals surface area contributed by atoms with E-state index in [0.29, 0.717) is 28.5 Å². The van der Waals surface area contributed by atoms with Gasteiger partial charge in [-0.2, -0.15) is 4.98 Å². The molecular formula is C24H33ClN6O3S. The van der Waals surface area contributed by atoms with Gasteiger partial charge in [-0.15, -0.1) is 0 Å². The molecule has 3 rings (SSSR count). The molecule has 190 valence electrons. The van der Waals surface area contributed by atoms with Gasteiger partial charge < -0.3 is 20.7 Å². The Morgan fingerprint density at radius 2 is 1.94 bits per heavy atom. The van der Waals surface area contributed by atoms with Crippen LogP contribution >= 0.6 is 11.6 Å². The number of hydrogen-bond donors (Lipinski definition) is 4. The third-order valence-electron chi connectivity index (χ3n) is 5.71. The molecule has 0 bridgehead atoms. The predicted octanol–water partition coefficient (Wildman–Crippen LogP) is 3.81. The van der Waals surface area contributed by atoms with Gasteiger partial charge in [0.1, 0.15) is 10.8 Å². The summed E-state index contributed by atoms with van der Waals surface area (Å²) in [7, 11) is 0.185. The summed E-state index contributed by atoms with van der Waals surface area (Å²) in [5.74, 6) is 1.83. The smallest absolute Gasteiger partial charge is 0.229 e. The number of benzene rings is 1. The van der Waals surface area contributed by atoms with E-state index < -0.39 is 16.1 Å². The second kappa shape index (κ2) is 12.3. The summed E-state index contributed by atoms with van der Waals surface area (Å²) in [6.45, 7) is 3.13. The molecule has 4 N–H and O–H groups in total. The standard InChI is InChI=1S/C24H33ClN6O3S/c1-5-16(12-13-26-2)17-10-11-21(22(14-17)34-3)29-24-27-15-18(25)23(30-24)28-19-8-6-7-9-20(19)31-35(4,32)33/h6-11,14-16,19-20,26,31H,5,12-13H2,1-4H3,(H2,27,28,29,30). The molecule has 0 spiro atoms. The Kier molecular flexibility index (Phi) is 9.50. The largest absolute Gasteiger partial charge is 0.495 e. The maximum atomic E-state index is 11.7. The van der Waals surface area contributed by atoms with Crippen LogP contribution < -0.4 is 25.4 Å². The highest BCUT2D eigenvalue weighted by molar-refractivity contribution is 7.88. The minimum Gasteiger partial charge on any atom is -0.495 e. The zero-order chi connectivity index (χ0) is 25.4. The SMILES string of the molecule is CCC(CCNC)c1ccc(Nc2ncc(Cl)c(NC3C=CC=CC3NS(C)(=O)=O)n2)c(OC)c1. The zero-order valence-corrected chi connectivity index (χ0v) is 21.9. The van der Waals surface area contributed by atoms with Crippen molar-refractivity contribution in [1.82, 2.24) is 20.0 Å². The number of aromatic nitrogens is 2. The Bertz CT molecular complexity index is 1170. The minimum absolute atomic E-state index is 0.314. The summed E-state index contributed by atoms with van der Waals surface area (Å²) < 4.78 is 31.7. The third-order valence-corrected chi connectivity index (χ3v) is 6.69. The monoisotopic (exact) mass is 520 g/mol. The summed E-state index contributed by atoms with van der Waals surface area (Å²) in [6, 6.07) is 5.22. The van der Waals surface area contributed by atoms with E-state index in [2.05, 4.69) is 43.6 Å². The lowest BCUT2D eigenvalue weighted by atomic mass is 9.93. The summed E-state index contributed by atoms with van der Waals surface area (Å²) in [5.41, 5.74) is 1.94. The average Bonchev–Trinajstić information content (AvgIpc) is 2.82. The molecule has 2 aromatic rings. The van der Waals surface area contributed by atoms with Gasteiger partial charge in [-0.05, 0) is 50.0 Å². The van der Waals surface area contributed by atoms with E-state index in [1.807, 2.05) is 31.3 Å². The van der Waals surface area contributed by atoms with Crippen molar-refractivity contribution in [2.24, 2.45) is 0 Å². The van der Waals surface area contributed by atoms with Crippen LogP contribution in [0.4, 0.5) is 17.5 Å². The van der Waals surface area contributed by atoms with Crippen LogP contribution in [0.5, 0.6) is 5.75 Å². The Morgan fingerprint density at radius 1 is 1.20 bits per heavy atom. The molecule has 0 radical (unpaired) electrons. The van der Waals surface area contributed by atoms with Gasteiger partial charge >= 0.3 is 0 Å². The molecule has 1 heterocycles. The van der Waals surface area contributed by atoms with Crippen molar-refractivity contribution in [3.8, 4) is 5.75 Å². The minimum atomic E-state index is -3.40. The summed E-state index contributed by atoms with van der Waals surface area (Å²) in [6.07, 6.45) is 11.9. The molecular weight excluding hydrogens is 488 g/mol. The summed E-state index contributed by atoms with van der Waals surface area (Å²) in [5, 5.41) is 9.93. The molecule has 1 aliphatic carbocycles. The molecule has 1 aromatic heterocycles. The summed E-state index contributed by atoms with van der Waals surface area (Å²) in [4.78, 5) is 8.81.